The largest absolute Gasteiger partial charge is 0.505 e. The Balaban J connectivity index is 1.51. The number of nitrogens with zero attached hydrogens (tertiary/aromatic N) is 6. The number of rotatable bonds is 5. The van der Waals surface area contributed by atoms with Gasteiger partial charge in [-0.05, 0) is 57.5 Å². The molecule has 4 heterocycles. The highest BCUT2D eigenvalue weighted by atomic mass is 35.5. The molecule has 3 aromatic heterocycles. The summed E-state index contributed by atoms with van der Waals surface area (Å²) in [6.45, 7) is 12.1. The molecule has 1 aromatic carbocycles. The fraction of sp³-hybridized carbons (Fsp3) is 0.367. The number of ether oxygens (including phenoxy) is 1. The third kappa shape index (κ3) is 5.19. The maximum absolute atomic E-state index is 12.4. The summed E-state index contributed by atoms with van der Waals surface area (Å²) >= 11 is 6.62. The summed E-state index contributed by atoms with van der Waals surface area (Å²) in [5.74, 6) is 0.570. The summed E-state index contributed by atoms with van der Waals surface area (Å²) in [6, 6.07) is 9.18. The van der Waals surface area contributed by atoms with Crippen molar-refractivity contribution in [1.82, 2.24) is 24.0 Å². The zero-order valence-electron chi connectivity index (χ0n) is 23.8. The fourth-order valence-corrected chi connectivity index (χ4v) is 5.45. The van der Waals surface area contributed by atoms with E-state index in [1.54, 1.807) is 44.9 Å². The predicted molar refractivity (Wildman–Crippen MR) is 159 cm³/mol. The first-order chi connectivity index (χ1) is 19.0. The number of methoxy groups -OCH3 is 1. The summed E-state index contributed by atoms with van der Waals surface area (Å²) in [6.07, 6.45) is 5.03. The van der Waals surface area contributed by atoms with Crippen LogP contribution in [0.25, 0.3) is 28.1 Å². The second-order valence-corrected chi connectivity index (χ2v) is 11.5. The van der Waals surface area contributed by atoms with Crippen molar-refractivity contribution in [2.75, 3.05) is 38.2 Å². The van der Waals surface area contributed by atoms with Crippen molar-refractivity contribution in [2.24, 2.45) is 7.05 Å². The number of hydrogen-bond acceptors (Lipinski definition) is 7. The monoisotopic (exact) mass is 562 g/mol. The first-order valence-electron chi connectivity index (χ1n) is 13.3. The number of pyridine rings is 2. The van der Waals surface area contributed by atoms with Crippen molar-refractivity contribution in [1.29, 1.82) is 0 Å². The van der Waals surface area contributed by atoms with Gasteiger partial charge in [0.15, 0.2) is 0 Å². The quantitative estimate of drug-likeness (QED) is 0.370. The number of aryl methyl sites for hydroxylation is 2. The number of benzene rings is 1. The lowest BCUT2D eigenvalue weighted by Gasteiger charge is -2.43. The molecule has 5 rings (SSSR count). The van der Waals surface area contributed by atoms with Crippen molar-refractivity contribution in [3.8, 4) is 39.7 Å². The van der Waals surface area contributed by atoms with E-state index < -0.39 is 0 Å². The molecular weight excluding hydrogens is 528 g/mol. The van der Waals surface area contributed by atoms with E-state index >= 15 is 0 Å². The number of imidazole rings is 1. The molecule has 0 aliphatic carbocycles. The van der Waals surface area contributed by atoms with Gasteiger partial charge in [-0.1, -0.05) is 17.7 Å². The lowest BCUT2D eigenvalue weighted by atomic mass is 10.0. The predicted octanol–water partition coefficient (Wildman–Crippen LogP) is 4.90. The Kier molecular flexibility index (Phi) is 7.37. The number of aromatic hydroxyl groups is 1. The van der Waals surface area contributed by atoms with Gasteiger partial charge in [-0.2, -0.15) is 0 Å². The zero-order chi connectivity index (χ0) is 28.8. The van der Waals surface area contributed by atoms with Crippen LogP contribution < -0.4 is 15.3 Å². The average Bonchev–Trinajstić information content (AvgIpc) is 3.26. The van der Waals surface area contributed by atoms with Crippen LogP contribution in [0.4, 0.5) is 5.69 Å². The molecule has 1 saturated heterocycles. The molecule has 10 heteroatoms. The minimum Gasteiger partial charge on any atom is -0.505 e. The van der Waals surface area contributed by atoms with Crippen LogP contribution in [0.3, 0.4) is 0 Å². The van der Waals surface area contributed by atoms with Gasteiger partial charge in [0.1, 0.15) is 17.1 Å². The van der Waals surface area contributed by atoms with E-state index in [0.29, 0.717) is 39.0 Å². The molecule has 1 N–H and O–H groups in total. The van der Waals surface area contributed by atoms with Crippen LogP contribution in [0.15, 0.2) is 53.7 Å². The molecule has 0 saturated carbocycles. The van der Waals surface area contributed by atoms with Crippen LogP contribution in [0, 0.1) is 6.92 Å². The molecule has 0 unspecified atom stereocenters. The highest BCUT2D eigenvalue weighted by molar-refractivity contribution is 6.32. The van der Waals surface area contributed by atoms with Gasteiger partial charge in [-0.3, -0.25) is 9.47 Å². The lowest BCUT2D eigenvalue weighted by Crippen LogP contribution is -2.53. The molecule has 0 radical (unpaired) electrons. The Hall–Kier alpha value is -3.82. The van der Waals surface area contributed by atoms with Gasteiger partial charge in [0, 0.05) is 74.2 Å². The average molecular weight is 563 g/mol. The molecule has 210 valence electrons. The summed E-state index contributed by atoms with van der Waals surface area (Å²) in [5, 5.41) is 11.8. The van der Waals surface area contributed by atoms with Crippen molar-refractivity contribution < 1.29 is 9.84 Å². The molecule has 0 atom stereocenters. The second-order valence-electron chi connectivity index (χ2n) is 11.1. The van der Waals surface area contributed by atoms with Crippen LogP contribution in [-0.4, -0.2) is 67.9 Å². The van der Waals surface area contributed by atoms with Crippen molar-refractivity contribution >= 4 is 17.3 Å². The van der Waals surface area contributed by atoms with E-state index in [1.165, 1.54) is 9.13 Å². The summed E-state index contributed by atoms with van der Waals surface area (Å²) in [5.41, 5.74) is 4.52. The van der Waals surface area contributed by atoms with Crippen LogP contribution in [0.5, 0.6) is 11.6 Å². The Bertz CT molecular complexity index is 1610. The van der Waals surface area contributed by atoms with Crippen LogP contribution in [-0.2, 0) is 7.05 Å². The minimum absolute atomic E-state index is 0.0294. The topological polar surface area (TPSA) is 88.6 Å². The molecule has 0 bridgehead atoms. The molecule has 0 spiro atoms. The van der Waals surface area contributed by atoms with Crippen LogP contribution in [0.2, 0.25) is 5.02 Å². The van der Waals surface area contributed by atoms with E-state index in [1.807, 2.05) is 25.1 Å². The van der Waals surface area contributed by atoms with Crippen molar-refractivity contribution in [3.05, 3.63) is 70.1 Å². The van der Waals surface area contributed by atoms with Crippen molar-refractivity contribution in [3.63, 3.8) is 0 Å². The Morgan fingerprint density at radius 2 is 1.73 bits per heavy atom. The first-order valence-corrected chi connectivity index (χ1v) is 13.6. The number of anilines is 1. The van der Waals surface area contributed by atoms with E-state index in [-0.39, 0.29) is 17.0 Å². The van der Waals surface area contributed by atoms with Gasteiger partial charge in [-0.25, -0.2) is 14.8 Å². The summed E-state index contributed by atoms with van der Waals surface area (Å²) in [7, 11) is 3.31. The lowest BCUT2D eigenvalue weighted by molar-refractivity contribution is 0.128. The highest BCUT2D eigenvalue weighted by Crippen LogP contribution is 2.41. The molecule has 9 nitrogen and oxygen atoms in total. The number of piperazine rings is 1. The SMILES string of the molecule is COc1ncc(-c2nc(C)cc(-c3ccc(-n4ccn(C)c4=O)c(Cl)c3)c2O)cc1N1CCN(C(C)(C)C)CC1. The van der Waals surface area contributed by atoms with E-state index in [0.717, 1.165) is 37.6 Å². The van der Waals surface area contributed by atoms with Gasteiger partial charge < -0.3 is 19.3 Å². The second kappa shape index (κ2) is 10.6. The van der Waals surface area contributed by atoms with Gasteiger partial charge in [0.05, 0.1) is 17.8 Å². The van der Waals surface area contributed by atoms with E-state index in [2.05, 4.69) is 40.5 Å². The Morgan fingerprint density at radius 1 is 1.00 bits per heavy atom. The fourth-order valence-electron chi connectivity index (χ4n) is 5.18. The molecule has 0 amide bonds. The number of hydrogen-bond donors (Lipinski definition) is 1. The molecule has 4 aromatic rings. The molecule has 40 heavy (non-hydrogen) atoms. The van der Waals surface area contributed by atoms with Gasteiger partial charge >= 0.3 is 5.69 Å². The van der Waals surface area contributed by atoms with E-state index in [9.17, 15) is 9.90 Å². The third-order valence-corrected chi connectivity index (χ3v) is 7.76. The van der Waals surface area contributed by atoms with Crippen LogP contribution >= 0.6 is 11.6 Å². The standard InChI is InChI=1S/C30H35ClN6O3/c1-19-15-22(20-7-8-24(23(31)16-20)37-14-9-34(5)29(37)39)27(38)26(33-19)21-17-25(28(40-6)32-18-21)35-10-12-36(13-11-35)30(2,3)4/h7-9,14-18,38H,10-13H2,1-6H3. The van der Waals surface area contributed by atoms with Gasteiger partial charge in [0.25, 0.3) is 0 Å². The molecule has 1 aliphatic rings. The summed E-state index contributed by atoms with van der Waals surface area (Å²) in [4.78, 5) is 26.4. The smallest absolute Gasteiger partial charge is 0.332 e. The zero-order valence-corrected chi connectivity index (χ0v) is 24.5. The van der Waals surface area contributed by atoms with Gasteiger partial charge in [0.2, 0.25) is 5.88 Å². The normalized spacial score (nSPS) is 14.5. The molecular formula is C30H35ClN6O3. The minimum atomic E-state index is -0.192. The van der Waals surface area contributed by atoms with Gasteiger partial charge in [-0.15, -0.1) is 0 Å². The Morgan fingerprint density at radius 3 is 2.33 bits per heavy atom. The maximum Gasteiger partial charge on any atom is 0.332 e. The molecule has 1 aliphatic heterocycles. The highest BCUT2D eigenvalue weighted by Gasteiger charge is 2.28. The third-order valence-electron chi connectivity index (χ3n) is 7.45. The van der Waals surface area contributed by atoms with Crippen LogP contribution in [0.1, 0.15) is 26.5 Å². The number of halogens is 1. The van der Waals surface area contributed by atoms with Crippen molar-refractivity contribution in [2.45, 2.75) is 33.2 Å². The first kappa shape index (κ1) is 27.7. The Labute approximate surface area is 239 Å². The maximum atomic E-state index is 12.4. The summed E-state index contributed by atoms with van der Waals surface area (Å²) < 4.78 is 8.58. The van der Waals surface area contributed by atoms with E-state index in [4.69, 9.17) is 16.3 Å². The number of aromatic nitrogens is 4. The molecule has 1 fully saturated rings.